The third kappa shape index (κ3) is 4.21. The van der Waals surface area contributed by atoms with E-state index in [0.717, 1.165) is 45.3 Å². The van der Waals surface area contributed by atoms with E-state index in [-0.39, 0.29) is 17.8 Å². The molecular weight excluding hydrogens is 238 g/mol. The lowest BCUT2D eigenvalue weighted by atomic mass is 10.1. The fraction of sp³-hybridized carbons (Fsp3) is 1.00. The molecule has 2 aliphatic heterocycles. The summed E-state index contributed by atoms with van der Waals surface area (Å²) >= 11 is 0. The minimum absolute atomic E-state index is 0.105. The molecule has 0 aromatic rings. The van der Waals surface area contributed by atoms with Crippen LogP contribution in [0.15, 0.2) is 0 Å². The maximum absolute atomic E-state index is 12.0. The molecule has 6 heteroatoms. The van der Waals surface area contributed by atoms with Crippen molar-refractivity contribution in [3.05, 3.63) is 0 Å². The fourth-order valence-corrected chi connectivity index (χ4v) is 4.28. The van der Waals surface area contributed by atoms with Crippen molar-refractivity contribution in [2.45, 2.75) is 37.8 Å². The smallest absolute Gasteiger partial charge is 0.213 e. The highest BCUT2D eigenvalue weighted by Gasteiger charge is 2.26. The standard InChI is InChI=1S/C11H23N3O2S/c1-14-7-5-10(8-14)13-17(15,16)9-11-4-2-3-6-12-11/h10-13H,2-9H2,1H3. The molecule has 0 saturated carbocycles. The summed E-state index contributed by atoms with van der Waals surface area (Å²) in [6.45, 7) is 2.76. The second-order valence-corrected chi connectivity index (χ2v) is 7.09. The van der Waals surface area contributed by atoms with Gasteiger partial charge in [-0.1, -0.05) is 6.42 Å². The average molecular weight is 261 g/mol. The van der Waals surface area contributed by atoms with Crippen LogP contribution in [-0.4, -0.2) is 57.8 Å². The summed E-state index contributed by atoms with van der Waals surface area (Å²) < 4.78 is 26.8. The molecule has 0 amide bonds. The van der Waals surface area contributed by atoms with E-state index in [1.165, 1.54) is 0 Å². The first kappa shape index (κ1) is 13.3. The van der Waals surface area contributed by atoms with Gasteiger partial charge in [0.25, 0.3) is 0 Å². The number of hydrogen-bond donors (Lipinski definition) is 2. The first-order valence-corrected chi connectivity index (χ1v) is 8.12. The molecule has 2 saturated heterocycles. The minimum Gasteiger partial charge on any atom is -0.313 e. The van der Waals surface area contributed by atoms with Crippen LogP contribution in [0.2, 0.25) is 0 Å². The number of likely N-dealkylation sites (tertiary alicyclic amines) is 1. The second kappa shape index (κ2) is 5.65. The Kier molecular flexibility index (Phi) is 4.41. The Morgan fingerprint density at radius 3 is 2.76 bits per heavy atom. The van der Waals surface area contributed by atoms with Crippen molar-refractivity contribution in [1.29, 1.82) is 0 Å². The Labute approximate surface area is 104 Å². The van der Waals surface area contributed by atoms with Crippen LogP contribution < -0.4 is 10.0 Å². The van der Waals surface area contributed by atoms with Gasteiger partial charge in [-0.2, -0.15) is 0 Å². The predicted octanol–water partition coefficient (Wildman–Crippen LogP) is -0.248. The van der Waals surface area contributed by atoms with Gasteiger partial charge in [0.05, 0.1) is 5.75 Å². The molecule has 17 heavy (non-hydrogen) atoms. The summed E-state index contributed by atoms with van der Waals surface area (Å²) in [4.78, 5) is 2.16. The van der Waals surface area contributed by atoms with Gasteiger partial charge in [-0.25, -0.2) is 13.1 Å². The quantitative estimate of drug-likeness (QED) is 0.733. The van der Waals surface area contributed by atoms with Crippen molar-refractivity contribution >= 4 is 10.0 Å². The van der Waals surface area contributed by atoms with Crippen molar-refractivity contribution < 1.29 is 8.42 Å². The summed E-state index contributed by atoms with van der Waals surface area (Å²) in [6, 6.07) is 0.244. The Bertz CT molecular complexity index is 326. The number of nitrogens with zero attached hydrogens (tertiary/aromatic N) is 1. The molecule has 0 spiro atoms. The van der Waals surface area contributed by atoms with Gasteiger partial charge in [-0.15, -0.1) is 0 Å². The number of sulfonamides is 1. The van der Waals surface area contributed by atoms with Crippen LogP contribution in [0.1, 0.15) is 25.7 Å². The molecule has 2 unspecified atom stereocenters. The Morgan fingerprint density at radius 2 is 2.18 bits per heavy atom. The molecule has 5 nitrogen and oxygen atoms in total. The van der Waals surface area contributed by atoms with E-state index in [1.807, 2.05) is 7.05 Å². The van der Waals surface area contributed by atoms with Crippen molar-refractivity contribution in [1.82, 2.24) is 14.9 Å². The fourth-order valence-electron chi connectivity index (χ4n) is 2.66. The number of likely N-dealkylation sites (N-methyl/N-ethyl adjacent to an activating group) is 1. The zero-order valence-corrected chi connectivity index (χ0v) is 11.3. The van der Waals surface area contributed by atoms with E-state index in [9.17, 15) is 8.42 Å². The zero-order valence-electron chi connectivity index (χ0n) is 10.5. The van der Waals surface area contributed by atoms with Gasteiger partial charge in [-0.05, 0) is 39.4 Å². The Hall–Kier alpha value is -0.170. The Balaban J connectivity index is 1.81. The number of nitrogens with one attached hydrogen (secondary N) is 2. The van der Waals surface area contributed by atoms with Gasteiger partial charge in [0, 0.05) is 18.6 Å². The summed E-state index contributed by atoms with van der Waals surface area (Å²) in [5.41, 5.74) is 0. The molecule has 2 atom stereocenters. The molecule has 0 bridgehead atoms. The third-order valence-electron chi connectivity index (χ3n) is 3.57. The highest BCUT2D eigenvalue weighted by molar-refractivity contribution is 7.89. The van der Waals surface area contributed by atoms with Gasteiger partial charge in [0.15, 0.2) is 0 Å². The second-order valence-electron chi connectivity index (χ2n) is 5.29. The number of rotatable bonds is 4. The zero-order chi connectivity index (χ0) is 12.3. The van der Waals surface area contributed by atoms with E-state index >= 15 is 0 Å². The highest BCUT2D eigenvalue weighted by atomic mass is 32.2. The van der Waals surface area contributed by atoms with Crippen LogP contribution in [0.25, 0.3) is 0 Å². The van der Waals surface area contributed by atoms with Crippen LogP contribution >= 0.6 is 0 Å². The lowest BCUT2D eigenvalue weighted by molar-refractivity contribution is 0.404. The molecule has 2 heterocycles. The normalized spacial score (nSPS) is 31.8. The van der Waals surface area contributed by atoms with Crippen molar-refractivity contribution in [2.75, 3.05) is 32.4 Å². The lowest BCUT2D eigenvalue weighted by Gasteiger charge is -2.24. The Morgan fingerprint density at radius 1 is 1.35 bits per heavy atom. The summed E-state index contributed by atoms with van der Waals surface area (Å²) in [5.74, 6) is 0.229. The van der Waals surface area contributed by atoms with E-state index in [0.29, 0.717) is 0 Å². The van der Waals surface area contributed by atoms with E-state index in [2.05, 4.69) is 14.9 Å². The van der Waals surface area contributed by atoms with E-state index in [4.69, 9.17) is 0 Å². The van der Waals surface area contributed by atoms with Gasteiger partial charge in [-0.3, -0.25) is 0 Å². The van der Waals surface area contributed by atoms with Crippen LogP contribution in [0, 0.1) is 0 Å². The van der Waals surface area contributed by atoms with Crippen LogP contribution in [-0.2, 0) is 10.0 Å². The third-order valence-corrected chi connectivity index (χ3v) is 5.10. The topological polar surface area (TPSA) is 61.4 Å². The summed E-state index contributed by atoms with van der Waals surface area (Å²) in [7, 11) is -1.10. The summed E-state index contributed by atoms with van der Waals surface area (Å²) in [6.07, 6.45) is 4.20. The van der Waals surface area contributed by atoms with Crippen LogP contribution in [0.5, 0.6) is 0 Å². The first-order chi connectivity index (χ1) is 8.05. The van der Waals surface area contributed by atoms with Gasteiger partial charge in [0.2, 0.25) is 10.0 Å². The molecule has 0 aromatic heterocycles. The van der Waals surface area contributed by atoms with E-state index < -0.39 is 10.0 Å². The molecule has 0 aliphatic carbocycles. The van der Waals surface area contributed by atoms with Crippen molar-refractivity contribution in [3.8, 4) is 0 Å². The largest absolute Gasteiger partial charge is 0.313 e. The average Bonchev–Trinajstić information content (AvgIpc) is 2.63. The minimum atomic E-state index is -3.13. The van der Waals surface area contributed by atoms with Gasteiger partial charge >= 0.3 is 0 Å². The summed E-state index contributed by atoms with van der Waals surface area (Å²) in [5, 5.41) is 3.28. The highest BCUT2D eigenvalue weighted by Crippen LogP contribution is 2.11. The lowest BCUT2D eigenvalue weighted by Crippen LogP contribution is -2.45. The maximum Gasteiger partial charge on any atom is 0.213 e. The van der Waals surface area contributed by atoms with E-state index in [1.54, 1.807) is 0 Å². The molecule has 100 valence electrons. The molecule has 2 rings (SSSR count). The first-order valence-electron chi connectivity index (χ1n) is 6.47. The van der Waals surface area contributed by atoms with Crippen molar-refractivity contribution in [2.24, 2.45) is 0 Å². The molecule has 0 aromatic carbocycles. The number of piperidine rings is 1. The monoisotopic (exact) mass is 261 g/mol. The van der Waals surface area contributed by atoms with Gasteiger partial charge < -0.3 is 10.2 Å². The van der Waals surface area contributed by atoms with Gasteiger partial charge in [0.1, 0.15) is 0 Å². The predicted molar refractivity (Wildman–Crippen MR) is 68.5 cm³/mol. The van der Waals surface area contributed by atoms with Crippen molar-refractivity contribution in [3.63, 3.8) is 0 Å². The molecule has 2 fully saturated rings. The molecule has 0 radical (unpaired) electrons. The molecular formula is C11H23N3O2S. The molecule has 2 aliphatic rings. The van der Waals surface area contributed by atoms with Crippen LogP contribution in [0.3, 0.4) is 0 Å². The SMILES string of the molecule is CN1CCC(NS(=O)(=O)CC2CCCCN2)C1. The molecule has 2 N–H and O–H groups in total. The maximum atomic E-state index is 12.0. The number of hydrogen-bond acceptors (Lipinski definition) is 4. The van der Waals surface area contributed by atoms with Crippen LogP contribution in [0.4, 0.5) is 0 Å².